The first-order valence-corrected chi connectivity index (χ1v) is 10.8. The number of hydrogen-bond donors (Lipinski definition) is 1. The second kappa shape index (κ2) is 9.06. The maximum absolute atomic E-state index is 13.1. The molecule has 1 atom stereocenters. The molecule has 0 saturated carbocycles. The largest absolute Gasteiger partial charge is 0.490 e. The summed E-state index contributed by atoms with van der Waals surface area (Å²) in [7, 11) is 1.90. The lowest BCUT2D eigenvalue weighted by Gasteiger charge is -2.39. The molecule has 2 aliphatic rings. The fourth-order valence-electron chi connectivity index (χ4n) is 4.02. The lowest BCUT2D eigenvalue weighted by atomic mass is 9.85. The quantitative estimate of drug-likeness (QED) is 0.659. The van der Waals surface area contributed by atoms with Crippen LogP contribution in [0.1, 0.15) is 43.4 Å². The van der Waals surface area contributed by atoms with Crippen LogP contribution in [-0.4, -0.2) is 29.5 Å². The maximum Gasteiger partial charge on any atom is 0.173 e. The maximum atomic E-state index is 13.1. The zero-order valence-electron chi connectivity index (χ0n) is 17.6. The lowest BCUT2D eigenvalue weighted by molar-refractivity contribution is -0.116. The SMILES string of the molecule is CCOc1cc(C2NC(=S)N(C)C3=C2C(=O)CCC3)ccc1OCc1ccc(F)cc1. The van der Waals surface area contributed by atoms with Crippen molar-refractivity contribution in [1.82, 2.24) is 10.2 Å². The number of halogens is 1. The molecular weight excluding hydrogens is 415 g/mol. The lowest BCUT2D eigenvalue weighted by Crippen LogP contribution is -2.47. The molecule has 31 heavy (non-hydrogen) atoms. The summed E-state index contributed by atoms with van der Waals surface area (Å²) in [5.41, 5.74) is 3.54. The molecule has 1 aliphatic heterocycles. The fourth-order valence-corrected chi connectivity index (χ4v) is 4.25. The average molecular weight is 441 g/mol. The highest BCUT2D eigenvalue weighted by atomic mass is 32.1. The Morgan fingerprint density at radius 2 is 1.90 bits per heavy atom. The van der Waals surface area contributed by atoms with E-state index in [4.69, 9.17) is 21.7 Å². The Balaban J connectivity index is 1.63. The minimum Gasteiger partial charge on any atom is -0.490 e. The van der Waals surface area contributed by atoms with Crippen LogP contribution in [-0.2, 0) is 11.4 Å². The van der Waals surface area contributed by atoms with Crippen molar-refractivity contribution in [2.24, 2.45) is 0 Å². The molecule has 0 fully saturated rings. The van der Waals surface area contributed by atoms with Crippen LogP contribution in [0.2, 0.25) is 0 Å². The number of Topliss-reactive ketones (excluding diaryl/α,β-unsaturated/α-hetero) is 1. The van der Waals surface area contributed by atoms with Gasteiger partial charge in [0.1, 0.15) is 12.4 Å². The molecule has 0 spiro atoms. The Morgan fingerprint density at radius 3 is 2.65 bits per heavy atom. The van der Waals surface area contributed by atoms with Crippen molar-refractivity contribution in [3.63, 3.8) is 0 Å². The molecule has 2 aromatic carbocycles. The van der Waals surface area contributed by atoms with E-state index in [-0.39, 0.29) is 17.6 Å². The molecule has 0 radical (unpaired) electrons. The van der Waals surface area contributed by atoms with Crippen LogP contribution in [0.5, 0.6) is 11.5 Å². The van der Waals surface area contributed by atoms with Gasteiger partial charge in [-0.1, -0.05) is 18.2 Å². The number of allylic oxidation sites excluding steroid dienone is 1. The molecule has 7 heteroatoms. The van der Waals surface area contributed by atoms with E-state index < -0.39 is 0 Å². The highest BCUT2D eigenvalue weighted by molar-refractivity contribution is 7.80. The molecule has 162 valence electrons. The molecular formula is C24H25FN2O3S. The Hall–Kier alpha value is -2.93. The van der Waals surface area contributed by atoms with Crippen molar-refractivity contribution >= 4 is 23.1 Å². The van der Waals surface area contributed by atoms with Crippen molar-refractivity contribution in [2.45, 2.75) is 38.8 Å². The number of nitrogens with zero attached hydrogens (tertiary/aromatic N) is 1. The highest BCUT2D eigenvalue weighted by Crippen LogP contribution is 2.39. The second-order valence-electron chi connectivity index (χ2n) is 7.63. The van der Waals surface area contributed by atoms with Crippen LogP contribution < -0.4 is 14.8 Å². The number of thiocarbonyl (C=S) groups is 1. The number of ether oxygens (including phenoxy) is 2. The van der Waals surface area contributed by atoms with Gasteiger partial charge < -0.3 is 19.7 Å². The number of carbonyl (C=O) groups is 1. The molecule has 0 bridgehead atoms. The Labute approximate surface area is 186 Å². The summed E-state index contributed by atoms with van der Waals surface area (Å²) < 4.78 is 24.9. The molecule has 1 aliphatic carbocycles. The molecule has 2 aromatic rings. The standard InChI is InChI=1S/C24H25FN2O3S/c1-3-29-21-13-16(9-12-20(21)30-14-15-7-10-17(25)11-8-15)23-22-18(5-4-6-19(22)28)27(2)24(31)26-23/h7-13,23H,3-6,14H2,1-2H3,(H,26,31). The molecule has 0 saturated heterocycles. The van der Waals surface area contributed by atoms with Crippen LogP contribution >= 0.6 is 12.2 Å². The smallest absolute Gasteiger partial charge is 0.173 e. The van der Waals surface area contributed by atoms with Gasteiger partial charge in [0.15, 0.2) is 22.4 Å². The van der Waals surface area contributed by atoms with E-state index in [1.165, 1.54) is 12.1 Å². The third kappa shape index (κ3) is 4.42. The molecule has 0 aromatic heterocycles. The third-order valence-corrected chi connectivity index (χ3v) is 5.99. The zero-order valence-corrected chi connectivity index (χ0v) is 18.4. The molecule has 1 unspecified atom stereocenters. The van der Waals surface area contributed by atoms with E-state index in [0.29, 0.717) is 36.2 Å². The van der Waals surface area contributed by atoms with Crippen molar-refractivity contribution < 1.29 is 18.7 Å². The summed E-state index contributed by atoms with van der Waals surface area (Å²) in [4.78, 5) is 14.7. The summed E-state index contributed by atoms with van der Waals surface area (Å²) >= 11 is 5.51. The molecule has 5 nitrogen and oxygen atoms in total. The van der Waals surface area contributed by atoms with Gasteiger partial charge in [0.05, 0.1) is 12.6 Å². The van der Waals surface area contributed by atoms with Gasteiger partial charge in [-0.25, -0.2) is 4.39 Å². The average Bonchev–Trinajstić information content (AvgIpc) is 2.77. The fraction of sp³-hybridized carbons (Fsp3) is 0.333. The van der Waals surface area contributed by atoms with E-state index in [1.807, 2.05) is 37.1 Å². The molecule has 4 rings (SSSR count). The van der Waals surface area contributed by atoms with Gasteiger partial charge in [0, 0.05) is 24.7 Å². The molecule has 1 N–H and O–H groups in total. The predicted octanol–water partition coefficient (Wildman–Crippen LogP) is 4.67. The van der Waals surface area contributed by atoms with Crippen molar-refractivity contribution in [3.05, 3.63) is 70.7 Å². The Bertz CT molecular complexity index is 1040. The molecule has 0 amide bonds. The van der Waals surface area contributed by atoms with E-state index in [2.05, 4.69) is 5.32 Å². The first-order valence-electron chi connectivity index (χ1n) is 10.4. The molecule has 1 heterocycles. The second-order valence-corrected chi connectivity index (χ2v) is 8.02. The summed E-state index contributed by atoms with van der Waals surface area (Å²) in [5, 5.41) is 3.92. The Morgan fingerprint density at radius 1 is 1.13 bits per heavy atom. The zero-order chi connectivity index (χ0) is 22.0. The van der Waals surface area contributed by atoms with Gasteiger partial charge in [-0.05, 0) is 67.4 Å². The normalized spacial score (nSPS) is 18.5. The summed E-state index contributed by atoms with van der Waals surface area (Å²) in [6.45, 7) is 2.68. The summed E-state index contributed by atoms with van der Waals surface area (Å²) in [6.07, 6.45) is 2.24. The number of nitrogens with one attached hydrogen (secondary N) is 1. The third-order valence-electron chi connectivity index (χ3n) is 5.60. The van der Waals surface area contributed by atoms with Gasteiger partial charge in [-0.2, -0.15) is 0 Å². The van der Waals surface area contributed by atoms with E-state index in [9.17, 15) is 9.18 Å². The summed E-state index contributed by atoms with van der Waals surface area (Å²) in [5.74, 6) is 1.06. The van der Waals surface area contributed by atoms with Gasteiger partial charge in [0.2, 0.25) is 0 Å². The van der Waals surface area contributed by atoms with Crippen LogP contribution in [0.25, 0.3) is 0 Å². The summed E-state index contributed by atoms with van der Waals surface area (Å²) in [6, 6.07) is 11.6. The first-order chi connectivity index (χ1) is 15.0. The van der Waals surface area contributed by atoms with Crippen molar-refractivity contribution in [3.8, 4) is 11.5 Å². The monoisotopic (exact) mass is 440 g/mol. The van der Waals surface area contributed by atoms with E-state index in [0.717, 1.165) is 35.2 Å². The topological polar surface area (TPSA) is 50.8 Å². The first kappa shape index (κ1) is 21.3. The number of hydrogen-bond acceptors (Lipinski definition) is 4. The van der Waals surface area contributed by atoms with E-state index in [1.54, 1.807) is 12.1 Å². The van der Waals surface area contributed by atoms with Crippen molar-refractivity contribution in [2.75, 3.05) is 13.7 Å². The van der Waals surface area contributed by atoms with Crippen LogP contribution in [0.15, 0.2) is 53.7 Å². The predicted molar refractivity (Wildman–Crippen MR) is 120 cm³/mol. The highest BCUT2D eigenvalue weighted by Gasteiger charge is 2.36. The van der Waals surface area contributed by atoms with Gasteiger partial charge in [-0.15, -0.1) is 0 Å². The van der Waals surface area contributed by atoms with Crippen LogP contribution in [0.3, 0.4) is 0 Å². The van der Waals surface area contributed by atoms with Crippen LogP contribution in [0.4, 0.5) is 4.39 Å². The number of rotatable bonds is 6. The number of benzene rings is 2. The number of ketones is 1. The van der Waals surface area contributed by atoms with Crippen molar-refractivity contribution in [1.29, 1.82) is 0 Å². The van der Waals surface area contributed by atoms with Gasteiger partial charge in [0.25, 0.3) is 0 Å². The van der Waals surface area contributed by atoms with E-state index >= 15 is 0 Å². The number of carbonyl (C=O) groups excluding carboxylic acids is 1. The van der Waals surface area contributed by atoms with Gasteiger partial charge >= 0.3 is 0 Å². The minimum absolute atomic E-state index is 0.155. The Kier molecular flexibility index (Phi) is 6.23. The minimum atomic E-state index is -0.308. The van der Waals surface area contributed by atoms with Crippen LogP contribution in [0, 0.1) is 5.82 Å². The van der Waals surface area contributed by atoms with Gasteiger partial charge in [-0.3, -0.25) is 4.79 Å².